The van der Waals surface area contributed by atoms with Crippen molar-refractivity contribution in [1.29, 1.82) is 0 Å². The van der Waals surface area contributed by atoms with Gasteiger partial charge in [-0.2, -0.15) is 5.10 Å². The molecule has 1 fully saturated rings. The van der Waals surface area contributed by atoms with Gasteiger partial charge in [0.05, 0.1) is 12.6 Å². The predicted molar refractivity (Wildman–Crippen MR) is 134 cm³/mol. The third-order valence-electron chi connectivity index (χ3n) is 4.48. The lowest BCUT2D eigenvalue weighted by Crippen LogP contribution is -2.70. The molecule has 3 heterocycles. The van der Waals surface area contributed by atoms with Gasteiger partial charge < -0.3 is 24.9 Å². The fourth-order valence-corrected chi connectivity index (χ4v) is 3.73. The van der Waals surface area contributed by atoms with Crippen LogP contribution in [0.2, 0.25) is 0 Å². The van der Waals surface area contributed by atoms with E-state index in [9.17, 15) is 19.2 Å². The zero-order chi connectivity index (χ0) is 28.1. The van der Waals surface area contributed by atoms with E-state index in [4.69, 9.17) is 14.3 Å². The van der Waals surface area contributed by atoms with Gasteiger partial charge in [-0.15, -0.1) is 11.3 Å². The molecule has 0 aliphatic carbocycles. The largest absolute Gasteiger partial charge is 0.457 e. The van der Waals surface area contributed by atoms with Crippen LogP contribution in [0.15, 0.2) is 23.2 Å². The second-order valence-electron chi connectivity index (χ2n) is 10.1. The van der Waals surface area contributed by atoms with Crippen LogP contribution in [0.25, 0.3) is 0 Å². The molecule has 3 amide bonds. The normalized spacial score (nSPS) is 17.6. The lowest BCUT2D eigenvalue weighted by atomic mass is 9.98. The minimum atomic E-state index is -0.888. The highest BCUT2D eigenvalue weighted by Crippen LogP contribution is 2.19. The Morgan fingerprint density at radius 2 is 1.87 bits per heavy atom. The number of hydrogen-bond donors (Lipinski definition) is 3. The molecule has 1 aliphatic rings. The smallest absolute Gasteiger partial charge is 0.413 e. The molecule has 2 aromatic rings. The summed E-state index contributed by atoms with van der Waals surface area (Å²) in [6.45, 7) is 9.93. The van der Waals surface area contributed by atoms with Crippen LogP contribution in [-0.4, -0.2) is 79.2 Å². The fourth-order valence-electron chi connectivity index (χ4n) is 3.05. The van der Waals surface area contributed by atoms with Crippen molar-refractivity contribution in [3.8, 4) is 0 Å². The van der Waals surface area contributed by atoms with E-state index >= 15 is 0 Å². The van der Waals surface area contributed by atoms with Gasteiger partial charge in [0.15, 0.2) is 10.8 Å². The number of oxime groups is 1. The standard InChI is InChI=1S/C22H30N8O7S/c1-21(2,3)36-14(31)8-35-29-16(13-9-38-19(26-13)28-20(34)37-22(4,5)6)18(33)27-15-12(25-17(15)32)7-30-11-23-10-24-30/h9-12,15H,7-8H2,1-6H3,(H,25,32)(H,27,33)(H,26,28,34)/b29-16+/t12-,15+/m1/s1. The molecule has 3 rings (SSSR count). The number of carbonyl (C=O) groups is 4. The van der Waals surface area contributed by atoms with E-state index in [1.165, 1.54) is 22.7 Å². The summed E-state index contributed by atoms with van der Waals surface area (Å²) < 4.78 is 11.9. The summed E-state index contributed by atoms with van der Waals surface area (Å²) in [5.41, 5.74) is -1.74. The average Bonchev–Trinajstić information content (AvgIpc) is 3.44. The van der Waals surface area contributed by atoms with Crippen molar-refractivity contribution < 1.29 is 33.5 Å². The van der Waals surface area contributed by atoms with Crippen LogP contribution in [0.5, 0.6) is 0 Å². The second kappa shape index (κ2) is 11.5. The first-order valence-corrected chi connectivity index (χ1v) is 12.4. The molecule has 0 unspecified atom stereocenters. The Balaban J connectivity index is 1.74. The molecule has 38 heavy (non-hydrogen) atoms. The molecule has 16 heteroatoms. The second-order valence-corrected chi connectivity index (χ2v) is 11.0. The molecule has 2 atom stereocenters. The monoisotopic (exact) mass is 550 g/mol. The highest BCUT2D eigenvalue weighted by Gasteiger charge is 2.41. The highest BCUT2D eigenvalue weighted by atomic mass is 32.1. The number of β-lactam (4-membered cyclic amide) rings is 1. The fraction of sp³-hybridized carbons (Fsp3) is 0.545. The van der Waals surface area contributed by atoms with Gasteiger partial charge in [-0.25, -0.2) is 19.6 Å². The molecule has 0 aromatic carbocycles. The molecule has 2 aromatic heterocycles. The van der Waals surface area contributed by atoms with Crippen LogP contribution in [-0.2, 0) is 35.2 Å². The maximum atomic E-state index is 13.2. The van der Waals surface area contributed by atoms with E-state index in [1.54, 1.807) is 41.5 Å². The van der Waals surface area contributed by atoms with Crippen molar-refractivity contribution in [3.63, 3.8) is 0 Å². The van der Waals surface area contributed by atoms with Crippen molar-refractivity contribution in [1.82, 2.24) is 30.4 Å². The number of esters is 1. The minimum absolute atomic E-state index is 0.0373. The lowest BCUT2D eigenvalue weighted by Gasteiger charge is -2.36. The number of carbonyl (C=O) groups excluding carboxylic acids is 4. The third-order valence-corrected chi connectivity index (χ3v) is 5.24. The van der Waals surface area contributed by atoms with Gasteiger partial charge in [-0.05, 0) is 41.5 Å². The number of rotatable bonds is 9. The Bertz CT molecular complexity index is 1200. The molecule has 0 saturated carbocycles. The first-order chi connectivity index (χ1) is 17.7. The van der Waals surface area contributed by atoms with E-state index in [2.05, 4.69) is 36.2 Å². The summed E-state index contributed by atoms with van der Waals surface area (Å²) >= 11 is 1.01. The van der Waals surface area contributed by atoms with Gasteiger partial charge in [0.25, 0.3) is 5.91 Å². The van der Waals surface area contributed by atoms with Gasteiger partial charge in [-0.1, -0.05) is 5.16 Å². The zero-order valence-corrected chi connectivity index (χ0v) is 22.6. The number of nitrogens with zero attached hydrogens (tertiary/aromatic N) is 5. The van der Waals surface area contributed by atoms with Crippen LogP contribution in [0.3, 0.4) is 0 Å². The lowest BCUT2D eigenvalue weighted by molar-refractivity contribution is -0.160. The Hall–Kier alpha value is -4.08. The number of anilines is 1. The summed E-state index contributed by atoms with van der Waals surface area (Å²) in [5, 5.41) is 17.1. The van der Waals surface area contributed by atoms with E-state index in [0.717, 1.165) is 11.3 Å². The van der Waals surface area contributed by atoms with Gasteiger partial charge in [0.2, 0.25) is 12.5 Å². The number of thiazole rings is 1. The molecule has 1 aliphatic heterocycles. The maximum absolute atomic E-state index is 13.2. The van der Waals surface area contributed by atoms with Crippen LogP contribution >= 0.6 is 11.3 Å². The minimum Gasteiger partial charge on any atom is -0.457 e. The number of nitrogens with one attached hydrogen (secondary N) is 3. The number of amides is 3. The molecular weight excluding hydrogens is 520 g/mol. The van der Waals surface area contributed by atoms with Gasteiger partial charge in [-0.3, -0.25) is 19.6 Å². The van der Waals surface area contributed by atoms with Crippen LogP contribution < -0.4 is 16.0 Å². The first kappa shape index (κ1) is 28.5. The summed E-state index contributed by atoms with van der Waals surface area (Å²) in [6.07, 6.45) is 2.10. The third kappa shape index (κ3) is 8.50. The number of aromatic nitrogens is 4. The Morgan fingerprint density at radius 1 is 1.16 bits per heavy atom. The molecule has 206 valence electrons. The summed E-state index contributed by atoms with van der Waals surface area (Å²) in [6, 6.07) is -1.34. The highest BCUT2D eigenvalue weighted by molar-refractivity contribution is 7.14. The summed E-state index contributed by atoms with van der Waals surface area (Å²) in [4.78, 5) is 62.6. The molecule has 1 saturated heterocycles. The average molecular weight is 551 g/mol. The first-order valence-electron chi connectivity index (χ1n) is 11.5. The van der Waals surface area contributed by atoms with Crippen molar-refractivity contribution in [2.24, 2.45) is 5.16 Å². The van der Waals surface area contributed by atoms with E-state index in [1.807, 2.05) is 0 Å². The quantitative estimate of drug-likeness (QED) is 0.175. The maximum Gasteiger partial charge on any atom is 0.413 e. The topological polar surface area (TPSA) is 188 Å². The predicted octanol–water partition coefficient (Wildman–Crippen LogP) is 0.827. The summed E-state index contributed by atoms with van der Waals surface area (Å²) in [5.74, 6) is -1.88. The van der Waals surface area contributed by atoms with Gasteiger partial charge >= 0.3 is 12.1 Å². The summed E-state index contributed by atoms with van der Waals surface area (Å²) in [7, 11) is 0. The van der Waals surface area contributed by atoms with Crippen molar-refractivity contribution in [2.45, 2.75) is 71.4 Å². The molecule has 15 nitrogen and oxygen atoms in total. The van der Waals surface area contributed by atoms with Crippen molar-refractivity contribution in [3.05, 3.63) is 23.7 Å². The Labute approximate surface area is 222 Å². The molecule has 0 bridgehead atoms. The Kier molecular flexibility index (Phi) is 8.65. The number of hydrogen-bond acceptors (Lipinski definition) is 12. The molecular formula is C22H30N8O7S. The molecule has 3 N–H and O–H groups in total. The van der Waals surface area contributed by atoms with Gasteiger partial charge in [0, 0.05) is 5.38 Å². The van der Waals surface area contributed by atoms with Crippen LogP contribution in [0.4, 0.5) is 9.93 Å². The zero-order valence-electron chi connectivity index (χ0n) is 21.8. The van der Waals surface area contributed by atoms with Crippen LogP contribution in [0, 0.1) is 0 Å². The number of ether oxygens (including phenoxy) is 2. The molecule has 0 radical (unpaired) electrons. The van der Waals surface area contributed by atoms with Gasteiger partial charge in [0.1, 0.15) is 35.6 Å². The van der Waals surface area contributed by atoms with E-state index in [0.29, 0.717) is 0 Å². The van der Waals surface area contributed by atoms with E-state index in [-0.39, 0.29) is 23.1 Å². The molecule has 0 spiro atoms. The van der Waals surface area contributed by atoms with Crippen molar-refractivity contribution >= 4 is 46.1 Å². The van der Waals surface area contributed by atoms with Crippen LogP contribution in [0.1, 0.15) is 47.2 Å². The van der Waals surface area contributed by atoms with Crippen molar-refractivity contribution in [2.75, 3.05) is 11.9 Å². The Morgan fingerprint density at radius 3 is 2.47 bits per heavy atom. The SMILES string of the molecule is CC(C)(C)OC(=O)CO/N=C(/C(=O)N[C@@H]1C(=O)N[C@@H]1Cn1cncn1)c1csc(NC(=O)OC(C)(C)C)n1. The van der Waals surface area contributed by atoms with E-state index < -0.39 is 53.8 Å².